The number of halogens is 1. The second kappa shape index (κ2) is 6.43. The van der Waals surface area contributed by atoms with Crippen molar-refractivity contribution in [3.63, 3.8) is 0 Å². The first-order chi connectivity index (χ1) is 11.5. The zero-order valence-electron chi connectivity index (χ0n) is 12.8. The molecule has 0 atom stereocenters. The Balaban J connectivity index is 2.14. The quantitative estimate of drug-likeness (QED) is 0.543. The minimum absolute atomic E-state index is 0.0296. The summed E-state index contributed by atoms with van der Waals surface area (Å²) in [6.45, 7) is 1.47. The van der Waals surface area contributed by atoms with Gasteiger partial charge in [0.1, 0.15) is 0 Å². The van der Waals surface area contributed by atoms with E-state index in [4.69, 9.17) is 11.6 Å². The molecule has 3 aromatic rings. The number of nitrogens with one attached hydrogen (secondary N) is 1. The van der Waals surface area contributed by atoms with Gasteiger partial charge in [-0.25, -0.2) is 0 Å². The van der Waals surface area contributed by atoms with Crippen LogP contribution in [0.2, 0.25) is 5.02 Å². The van der Waals surface area contributed by atoms with Crippen LogP contribution >= 0.6 is 11.6 Å². The number of nitro groups is 1. The van der Waals surface area contributed by atoms with Crippen LogP contribution in [-0.2, 0) is 6.61 Å². The van der Waals surface area contributed by atoms with Gasteiger partial charge >= 0.3 is 0 Å². The van der Waals surface area contributed by atoms with E-state index in [0.717, 1.165) is 5.39 Å². The smallest absolute Gasteiger partial charge is 0.274 e. The Labute approximate surface area is 142 Å². The fourth-order valence-corrected chi connectivity index (χ4v) is 2.67. The topological polar surface area (TPSA) is 88.3 Å². The van der Waals surface area contributed by atoms with Crippen molar-refractivity contribution in [2.45, 2.75) is 13.5 Å². The Morgan fingerprint density at radius 1 is 1.29 bits per heavy atom. The van der Waals surface area contributed by atoms with Crippen molar-refractivity contribution < 1.29 is 10.0 Å². The van der Waals surface area contributed by atoms with E-state index in [2.05, 4.69) is 10.3 Å². The fourth-order valence-electron chi connectivity index (χ4n) is 2.50. The van der Waals surface area contributed by atoms with Gasteiger partial charge < -0.3 is 10.4 Å². The molecule has 1 heterocycles. The summed E-state index contributed by atoms with van der Waals surface area (Å²) in [7, 11) is 0. The molecule has 0 radical (unpaired) electrons. The predicted octanol–water partition coefficient (Wildman–Crippen LogP) is 4.34. The number of nitrogens with zero attached hydrogens (tertiary/aromatic N) is 2. The first kappa shape index (κ1) is 16.2. The fraction of sp³-hybridized carbons (Fsp3) is 0.118. The number of benzene rings is 2. The number of aliphatic hydroxyl groups excluding tert-OH is 1. The average molecular weight is 344 g/mol. The van der Waals surface area contributed by atoms with E-state index < -0.39 is 4.92 Å². The normalized spacial score (nSPS) is 10.8. The Morgan fingerprint density at radius 3 is 2.79 bits per heavy atom. The van der Waals surface area contributed by atoms with E-state index in [0.29, 0.717) is 33.0 Å². The highest BCUT2D eigenvalue weighted by molar-refractivity contribution is 6.31. The van der Waals surface area contributed by atoms with Crippen LogP contribution in [0.25, 0.3) is 10.9 Å². The summed E-state index contributed by atoms with van der Waals surface area (Å²) in [4.78, 5) is 15.0. The molecule has 0 saturated heterocycles. The van der Waals surface area contributed by atoms with Gasteiger partial charge in [-0.05, 0) is 31.2 Å². The summed E-state index contributed by atoms with van der Waals surface area (Å²) in [5.74, 6) is 0. The van der Waals surface area contributed by atoms with Crippen LogP contribution in [0, 0.1) is 17.0 Å². The van der Waals surface area contributed by atoms with Crippen LogP contribution in [0.5, 0.6) is 0 Å². The Morgan fingerprint density at radius 2 is 2.08 bits per heavy atom. The van der Waals surface area contributed by atoms with Crippen LogP contribution in [0.1, 0.15) is 11.1 Å². The molecule has 0 amide bonds. The zero-order valence-corrected chi connectivity index (χ0v) is 13.5. The number of aliphatic hydroxyl groups is 1. The van der Waals surface area contributed by atoms with Crippen molar-refractivity contribution in [3.05, 3.63) is 68.9 Å². The molecule has 7 heteroatoms. The third-order valence-electron chi connectivity index (χ3n) is 3.75. The number of hydrogen-bond acceptors (Lipinski definition) is 5. The number of anilines is 2. The third kappa shape index (κ3) is 3.02. The summed E-state index contributed by atoms with van der Waals surface area (Å²) < 4.78 is 0. The monoisotopic (exact) mass is 343 g/mol. The van der Waals surface area contributed by atoms with E-state index in [1.807, 2.05) is 0 Å². The van der Waals surface area contributed by atoms with Gasteiger partial charge in [-0.2, -0.15) is 0 Å². The van der Waals surface area contributed by atoms with E-state index in [1.54, 1.807) is 43.5 Å². The SMILES string of the molecule is Cc1ccc(Nc2c(CO)cnc3ccc(Cl)cc23)cc1[N+](=O)[O-]. The Hall–Kier alpha value is -2.70. The number of rotatable bonds is 4. The molecular weight excluding hydrogens is 330 g/mol. The molecular formula is C17H14ClN3O3. The maximum Gasteiger partial charge on any atom is 0.274 e. The van der Waals surface area contributed by atoms with E-state index in [-0.39, 0.29) is 12.3 Å². The van der Waals surface area contributed by atoms with Gasteiger partial charge in [0.15, 0.2) is 0 Å². The molecule has 0 aliphatic carbocycles. The second-order valence-electron chi connectivity index (χ2n) is 5.36. The summed E-state index contributed by atoms with van der Waals surface area (Å²) in [5.41, 5.74) is 3.07. The lowest BCUT2D eigenvalue weighted by atomic mass is 10.1. The Kier molecular flexibility index (Phi) is 4.33. The van der Waals surface area contributed by atoms with Crippen molar-refractivity contribution in [2.24, 2.45) is 0 Å². The number of fused-ring (bicyclic) bond motifs is 1. The number of pyridine rings is 1. The van der Waals surface area contributed by atoms with Gasteiger partial charge in [0.2, 0.25) is 0 Å². The van der Waals surface area contributed by atoms with Crippen molar-refractivity contribution in [2.75, 3.05) is 5.32 Å². The number of hydrogen-bond donors (Lipinski definition) is 2. The lowest BCUT2D eigenvalue weighted by Crippen LogP contribution is -2.00. The lowest BCUT2D eigenvalue weighted by Gasteiger charge is -2.14. The Bertz CT molecular complexity index is 944. The zero-order chi connectivity index (χ0) is 17.3. The van der Waals surface area contributed by atoms with E-state index in [1.165, 1.54) is 6.07 Å². The van der Waals surface area contributed by atoms with Crippen LogP contribution in [0.4, 0.5) is 17.1 Å². The number of aryl methyl sites for hydroxylation is 1. The van der Waals surface area contributed by atoms with Crippen molar-refractivity contribution in [1.82, 2.24) is 4.98 Å². The van der Waals surface area contributed by atoms with Gasteiger partial charge in [0.05, 0.1) is 22.7 Å². The van der Waals surface area contributed by atoms with Gasteiger partial charge in [-0.3, -0.25) is 15.1 Å². The molecule has 0 bridgehead atoms. The van der Waals surface area contributed by atoms with E-state index in [9.17, 15) is 15.2 Å². The average Bonchev–Trinajstić information content (AvgIpc) is 2.56. The first-order valence-corrected chi connectivity index (χ1v) is 7.57. The van der Waals surface area contributed by atoms with Crippen LogP contribution in [-0.4, -0.2) is 15.0 Å². The highest BCUT2D eigenvalue weighted by Crippen LogP contribution is 2.32. The molecule has 1 aromatic heterocycles. The van der Waals surface area contributed by atoms with Crippen LogP contribution in [0.15, 0.2) is 42.6 Å². The second-order valence-corrected chi connectivity index (χ2v) is 5.80. The largest absolute Gasteiger partial charge is 0.392 e. The highest BCUT2D eigenvalue weighted by Gasteiger charge is 2.14. The van der Waals surface area contributed by atoms with Crippen LogP contribution in [0.3, 0.4) is 0 Å². The summed E-state index contributed by atoms with van der Waals surface area (Å²) in [6, 6.07) is 10.1. The molecule has 2 N–H and O–H groups in total. The molecule has 0 aliphatic heterocycles. The van der Waals surface area contributed by atoms with Gasteiger partial charge in [-0.15, -0.1) is 0 Å². The first-order valence-electron chi connectivity index (χ1n) is 7.19. The molecule has 0 spiro atoms. The summed E-state index contributed by atoms with van der Waals surface area (Å²) in [6.07, 6.45) is 1.57. The number of nitro benzene ring substituents is 1. The maximum atomic E-state index is 11.1. The van der Waals surface area contributed by atoms with Gasteiger partial charge in [-0.1, -0.05) is 17.7 Å². The summed E-state index contributed by atoms with van der Waals surface area (Å²) in [5, 5.41) is 25.1. The van der Waals surface area contributed by atoms with Crippen molar-refractivity contribution >= 4 is 39.6 Å². The minimum atomic E-state index is -0.422. The summed E-state index contributed by atoms with van der Waals surface area (Å²) >= 11 is 6.07. The number of aromatic nitrogens is 1. The molecule has 24 heavy (non-hydrogen) atoms. The van der Waals surface area contributed by atoms with Crippen LogP contribution < -0.4 is 5.32 Å². The maximum absolute atomic E-state index is 11.1. The minimum Gasteiger partial charge on any atom is -0.392 e. The molecule has 122 valence electrons. The van der Waals surface area contributed by atoms with Gasteiger partial charge in [0, 0.05) is 39.5 Å². The van der Waals surface area contributed by atoms with Crippen molar-refractivity contribution in [1.29, 1.82) is 0 Å². The molecule has 0 unspecified atom stereocenters. The van der Waals surface area contributed by atoms with E-state index >= 15 is 0 Å². The third-order valence-corrected chi connectivity index (χ3v) is 3.99. The van der Waals surface area contributed by atoms with Crippen molar-refractivity contribution in [3.8, 4) is 0 Å². The molecule has 3 rings (SSSR count). The highest BCUT2D eigenvalue weighted by atomic mass is 35.5. The van der Waals surface area contributed by atoms with Gasteiger partial charge in [0.25, 0.3) is 5.69 Å². The molecule has 6 nitrogen and oxygen atoms in total. The molecule has 0 fully saturated rings. The standard InChI is InChI=1S/C17H14ClN3O3/c1-10-2-4-13(7-16(10)21(23)24)20-17-11(9-22)8-19-15-5-3-12(18)6-14(15)17/h2-8,22H,9H2,1H3,(H,19,20). The molecule has 0 saturated carbocycles. The predicted molar refractivity (Wildman–Crippen MR) is 93.8 cm³/mol. The molecule has 2 aromatic carbocycles. The molecule has 0 aliphatic rings. The lowest BCUT2D eigenvalue weighted by molar-refractivity contribution is -0.385.